The summed E-state index contributed by atoms with van der Waals surface area (Å²) in [5, 5.41) is 27.1. The Labute approximate surface area is 188 Å². The largest absolute Gasteiger partial charge is 0.508 e. The first kappa shape index (κ1) is 24.7. The molecular formula is C27H29FO4. The molecule has 5 heteroatoms. The molecule has 0 aliphatic heterocycles. The SMILES string of the molecule is CCC(=O)O.CCCC(=C(c1ccc(O)cc1)c1ccc(O)cc1)c1ccc(C)c(F)c1. The molecule has 32 heavy (non-hydrogen) atoms. The number of halogens is 1. The summed E-state index contributed by atoms with van der Waals surface area (Å²) in [4.78, 5) is 9.37. The fraction of sp³-hybridized carbons (Fsp3) is 0.222. The van der Waals surface area contributed by atoms with E-state index in [4.69, 9.17) is 5.11 Å². The number of carboxylic acids is 1. The third-order valence-corrected chi connectivity index (χ3v) is 4.94. The minimum Gasteiger partial charge on any atom is -0.508 e. The number of carboxylic acid groups (broad SMARTS) is 1. The molecule has 0 aromatic heterocycles. The van der Waals surface area contributed by atoms with Gasteiger partial charge in [-0.2, -0.15) is 0 Å². The molecule has 3 rings (SSSR count). The summed E-state index contributed by atoms with van der Waals surface area (Å²) in [6.07, 6.45) is 1.91. The fourth-order valence-corrected chi connectivity index (χ4v) is 3.22. The zero-order valence-electron chi connectivity index (χ0n) is 18.6. The summed E-state index contributed by atoms with van der Waals surface area (Å²) in [6.45, 7) is 5.45. The van der Waals surface area contributed by atoms with Gasteiger partial charge in [0.25, 0.3) is 0 Å². The molecule has 168 valence electrons. The third-order valence-electron chi connectivity index (χ3n) is 4.94. The van der Waals surface area contributed by atoms with Gasteiger partial charge < -0.3 is 15.3 Å². The molecule has 0 atom stereocenters. The van der Waals surface area contributed by atoms with E-state index < -0.39 is 5.97 Å². The van der Waals surface area contributed by atoms with Gasteiger partial charge >= 0.3 is 5.97 Å². The molecule has 3 aromatic rings. The average Bonchev–Trinajstić information content (AvgIpc) is 2.78. The van der Waals surface area contributed by atoms with Crippen LogP contribution in [0.2, 0.25) is 0 Å². The molecule has 0 aliphatic rings. The van der Waals surface area contributed by atoms with E-state index in [1.807, 2.05) is 30.3 Å². The highest BCUT2D eigenvalue weighted by molar-refractivity contribution is 5.98. The third kappa shape index (κ3) is 6.71. The quantitative estimate of drug-likeness (QED) is 0.372. The van der Waals surface area contributed by atoms with Crippen molar-refractivity contribution in [2.24, 2.45) is 0 Å². The van der Waals surface area contributed by atoms with Crippen molar-refractivity contribution < 1.29 is 24.5 Å². The van der Waals surface area contributed by atoms with E-state index in [-0.39, 0.29) is 23.7 Å². The highest BCUT2D eigenvalue weighted by atomic mass is 19.1. The van der Waals surface area contributed by atoms with Crippen molar-refractivity contribution in [3.8, 4) is 11.5 Å². The number of aryl methyl sites for hydroxylation is 1. The molecule has 0 bridgehead atoms. The fourth-order valence-electron chi connectivity index (χ4n) is 3.22. The van der Waals surface area contributed by atoms with Crippen molar-refractivity contribution in [1.82, 2.24) is 0 Å². The van der Waals surface area contributed by atoms with Crippen LogP contribution >= 0.6 is 0 Å². The van der Waals surface area contributed by atoms with Crippen LogP contribution in [0.25, 0.3) is 11.1 Å². The van der Waals surface area contributed by atoms with E-state index in [1.54, 1.807) is 50.2 Å². The molecule has 3 N–H and O–H groups in total. The Kier molecular flexibility index (Phi) is 9.02. The summed E-state index contributed by atoms with van der Waals surface area (Å²) in [5.41, 5.74) is 5.33. The maximum Gasteiger partial charge on any atom is 0.303 e. The number of rotatable bonds is 6. The summed E-state index contributed by atoms with van der Waals surface area (Å²) >= 11 is 0. The van der Waals surface area contributed by atoms with Gasteiger partial charge in [-0.3, -0.25) is 4.79 Å². The highest BCUT2D eigenvalue weighted by Gasteiger charge is 2.15. The van der Waals surface area contributed by atoms with Gasteiger partial charge in [-0.15, -0.1) is 0 Å². The van der Waals surface area contributed by atoms with Gasteiger partial charge in [-0.1, -0.05) is 56.7 Å². The normalized spacial score (nSPS) is 10.1. The number of hydrogen-bond acceptors (Lipinski definition) is 3. The van der Waals surface area contributed by atoms with Gasteiger partial charge in [0.15, 0.2) is 0 Å². The Bertz CT molecular complexity index is 1020. The molecule has 0 spiro atoms. The predicted molar refractivity (Wildman–Crippen MR) is 126 cm³/mol. The molecule has 3 aromatic carbocycles. The Balaban J connectivity index is 0.000000654. The first-order valence-electron chi connectivity index (χ1n) is 10.6. The first-order valence-corrected chi connectivity index (χ1v) is 10.6. The van der Waals surface area contributed by atoms with Crippen LogP contribution in [0.3, 0.4) is 0 Å². The van der Waals surface area contributed by atoms with E-state index in [2.05, 4.69) is 6.92 Å². The maximum absolute atomic E-state index is 14.3. The second kappa shape index (κ2) is 11.7. The van der Waals surface area contributed by atoms with E-state index in [0.29, 0.717) is 5.56 Å². The monoisotopic (exact) mass is 436 g/mol. The molecule has 4 nitrogen and oxygen atoms in total. The van der Waals surface area contributed by atoms with Gasteiger partial charge in [0.05, 0.1) is 0 Å². The van der Waals surface area contributed by atoms with Gasteiger partial charge in [-0.25, -0.2) is 4.39 Å². The number of carbonyl (C=O) groups is 1. The molecule has 0 radical (unpaired) electrons. The molecule has 0 saturated heterocycles. The number of allylic oxidation sites excluding steroid dienone is 1. The zero-order valence-corrected chi connectivity index (χ0v) is 18.6. The van der Waals surface area contributed by atoms with Crippen molar-refractivity contribution in [1.29, 1.82) is 0 Å². The van der Waals surface area contributed by atoms with E-state index in [0.717, 1.165) is 40.7 Å². The molecular weight excluding hydrogens is 407 g/mol. The molecule has 0 aliphatic carbocycles. The topological polar surface area (TPSA) is 77.8 Å². The molecule has 0 saturated carbocycles. The Hall–Kier alpha value is -3.60. The van der Waals surface area contributed by atoms with Crippen molar-refractivity contribution in [3.63, 3.8) is 0 Å². The van der Waals surface area contributed by atoms with Gasteiger partial charge in [-0.05, 0) is 77.1 Å². The average molecular weight is 437 g/mol. The van der Waals surface area contributed by atoms with Crippen molar-refractivity contribution in [3.05, 3.63) is 94.8 Å². The minimum absolute atomic E-state index is 0.197. The smallest absolute Gasteiger partial charge is 0.303 e. The molecule has 0 fully saturated rings. The lowest BCUT2D eigenvalue weighted by atomic mass is 9.87. The van der Waals surface area contributed by atoms with Crippen molar-refractivity contribution in [2.45, 2.75) is 40.0 Å². The number of aromatic hydroxyl groups is 2. The van der Waals surface area contributed by atoms with Crippen molar-refractivity contribution >= 4 is 17.1 Å². The Morgan fingerprint density at radius 2 is 1.25 bits per heavy atom. The molecule has 0 unspecified atom stereocenters. The summed E-state index contributed by atoms with van der Waals surface area (Å²) in [6, 6.07) is 19.4. The van der Waals surface area contributed by atoms with Gasteiger partial charge in [0.1, 0.15) is 17.3 Å². The number of phenols is 2. The lowest BCUT2D eigenvalue weighted by Crippen LogP contribution is -1.97. The lowest BCUT2D eigenvalue weighted by molar-refractivity contribution is -0.136. The van der Waals surface area contributed by atoms with Crippen LogP contribution in [0.5, 0.6) is 11.5 Å². The molecule has 0 heterocycles. The van der Waals surface area contributed by atoms with E-state index >= 15 is 0 Å². The predicted octanol–water partition coefficient (Wildman–Crippen LogP) is 6.79. The lowest BCUT2D eigenvalue weighted by Gasteiger charge is -2.18. The number of phenolic OH excluding ortho intramolecular Hbond substituents is 2. The van der Waals surface area contributed by atoms with Crippen LogP contribution in [0, 0.1) is 12.7 Å². The summed E-state index contributed by atoms with van der Waals surface area (Å²) in [5.74, 6) is -0.577. The van der Waals surface area contributed by atoms with Crippen LogP contribution in [-0.2, 0) is 4.79 Å². The van der Waals surface area contributed by atoms with Gasteiger partial charge in [0.2, 0.25) is 0 Å². The number of hydrogen-bond donors (Lipinski definition) is 3. The second-order valence-electron chi connectivity index (χ2n) is 7.41. The number of benzene rings is 3. The summed E-state index contributed by atoms with van der Waals surface area (Å²) in [7, 11) is 0. The number of aliphatic carboxylic acids is 1. The van der Waals surface area contributed by atoms with Crippen LogP contribution in [0.1, 0.15) is 55.4 Å². The summed E-state index contributed by atoms with van der Waals surface area (Å²) < 4.78 is 14.3. The van der Waals surface area contributed by atoms with Crippen LogP contribution in [0.4, 0.5) is 4.39 Å². The minimum atomic E-state index is -0.745. The molecule has 0 amide bonds. The first-order chi connectivity index (χ1) is 15.3. The Morgan fingerprint density at radius 3 is 1.62 bits per heavy atom. The van der Waals surface area contributed by atoms with Gasteiger partial charge in [0, 0.05) is 6.42 Å². The Morgan fingerprint density at radius 1 is 0.812 bits per heavy atom. The van der Waals surface area contributed by atoms with Crippen molar-refractivity contribution in [2.75, 3.05) is 0 Å². The zero-order chi connectivity index (χ0) is 23.7. The highest BCUT2D eigenvalue weighted by Crippen LogP contribution is 2.36. The van der Waals surface area contributed by atoms with Crippen LogP contribution in [-0.4, -0.2) is 21.3 Å². The van der Waals surface area contributed by atoms with Crippen LogP contribution < -0.4 is 0 Å². The standard InChI is InChI=1S/C24H23FO2.C3H6O2/c1-3-4-22(19-6-5-16(2)23(25)15-19)24(17-7-11-20(26)12-8-17)18-9-13-21(27)14-10-18;1-2-3(4)5/h5-15,26-27H,3-4H2,1-2H3;2H2,1H3,(H,4,5). The van der Waals surface area contributed by atoms with E-state index in [1.165, 1.54) is 0 Å². The second-order valence-corrected chi connectivity index (χ2v) is 7.41. The maximum atomic E-state index is 14.3. The van der Waals surface area contributed by atoms with Crippen LogP contribution in [0.15, 0.2) is 66.7 Å². The van der Waals surface area contributed by atoms with E-state index in [9.17, 15) is 19.4 Å².